The molecule has 1 aliphatic heterocycles. The Kier molecular flexibility index (Phi) is 4.26. The first-order chi connectivity index (χ1) is 7.75. The van der Waals surface area contributed by atoms with Crippen molar-refractivity contribution < 1.29 is 9.90 Å². The number of rotatable bonds is 5. The molecule has 2 rings (SSSR count). The van der Waals surface area contributed by atoms with Crippen LogP contribution in [0.15, 0.2) is 12.1 Å². The summed E-state index contributed by atoms with van der Waals surface area (Å²) in [5.41, 5.74) is 0. The molecule has 2 heterocycles. The molecule has 2 N–H and O–H groups in total. The Hall–Kier alpha value is -0.520. The van der Waals surface area contributed by atoms with Gasteiger partial charge in [0, 0.05) is 11.4 Å². The van der Waals surface area contributed by atoms with E-state index in [9.17, 15) is 4.79 Å². The number of hydrogen-bond donors (Lipinski definition) is 2. The van der Waals surface area contributed by atoms with Crippen molar-refractivity contribution in [3.8, 4) is 0 Å². The number of carbonyl (C=O) groups is 1. The summed E-state index contributed by atoms with van der Waals surface area (Å²) < 4.78 is 0. The second kappa shape index (κ2) is 5.70. The summed E-state index contributed by atoms with van der Waals surface area (Å²) >= 11 is 3.38. The lowest BCUT2D eigenvalue weighted by Crippen LogP contribution is -2.21. The highest BCUT2D eigenvalue weighted by Crippen LogP contribution is 2.23. The van der Waals surface area contributed by atoms with Crippen LogP contribution in [0, 0.1) is 5.92 Å². The highest BCUT2D eigenvalue weighted by molar-refractivity contribution is 7.99. The average molecular weight is 257 g/mol. The van der Waals surface area contributed by atoms with Crippen LogP contribution in [-0.4, -0.2) is 29.1 Å². The minimum Gasteiger partial charge on any atom is -0.477 e. The standard InChI is InChI=1S/C11H15NO2S2/c13-11(14)10-2-1-9(16-10)6-12-5-8-3-4-15-7-8/h1-2,8,12H,3-7H2,(H,13,14). The summed E-state index contributed by atoms with van der Waals surface area (Å²) in [5, 5.41) is 12.2. The second-order valence-corrected chi connectivity index (χ2v) is 6.25. The molecule has 1 aromatic rings. The Balaban J connectivity index is 1.74. The molecule has 0 bridgehead atoms. The fourth-order valence-electron chi connectivity index (χ4n) is 1.73. The molecular weight excluding hydrogens is 242 g/mol. The molecule has 1 saturated heterocycles. The molecule has 0 aliphatic carbocycles. The molecule has 88 valence electrons. The van der Waals surface area contributed by atoms with Gasteiger partial charge in [0.1, 0.15) is 4.88 Å². The molecule has 1 aromatic heterocycles. The third-order valence-electron chi connectivity index (χ3n) is 2.63. The first kappa shape index (κ1) is 12.0. The van der Waals surface area contributed by atoms with Gasteiger partial charge in [0.2, 0.25) is 0 Å². The predicted octanol–water partition coefficient (Wildman–Crippen LogP) is 2.29. The minimum absolute atomic E-state index is 0.424. The van der Waals surface area contributed by atoms with Crippen LogP contribution in [-0.2, 0) is 6.54 Å². The first-order valence-electron chi connectivity index (χ1n) is 5.36. The molecule has 0 spiro atoms. The topological polar surface area (TPSA) is 49.3 Å². The van der Waals surface area contributed by atoms with E-state index < -0.39 is 5.97 Å². The predicted molar refractivity (Wildman–Crippen MR) is 68.4 cm³/mol. The van der Waals surface area contributed by atoms with Crippen molar-refractivity contribution in [2.45, 2.75) is 13.0 Å². The van der Waals surface area contributed by atoms with Gasteiger partial charge in [-0.1, -0.05) is 0 Å². The lowest BCUT2D eigenvalue weighted by molar-refractivity contribution is 0.0702. The van der Waals surface area contributed by atoms with Crippen molar-refractivity contribution in [1.82, 2.24) is 5.32 Å². The van der Waals surface area contributed by atoms with Crippen LogP contribution < -0.4 is 5.32 Å². The minimum atomic E-state index is -0.830. The van der Waals surface area contributed by atoms with E-state index >= 15 is 0 Å². The Labute approximate surface area is 103 Å². The third-order valence-corrected chi connectivity index (χ3v) is 4.93. The highest BCUT2D eigenvalue weighted by atomic mass is 32.2. The third kappa shape index (κ3) is 3.23. The SMILES string of the molecule is O=C(O)c1ccc(CNCC2CCSC2)s1. The van der Waals surface area contributed by atoms with E-state index in [0.717, 1.165) is 23.9 Å². The Morgan fingerprint density at radius 3 is 3.06 bits per heavy atom. The second-order valence-electron chi connectivity index (χ2n) is 3.93. The monoisotopic (exact) mass is 257 g/mol. The van der Waals surface area contributed by atoms with Gasteiger partial charge in [0.25, 0.3) is 0 Å². The van der Waals surface area contributed by atoms with Crippen molar-refractivity contribution in [2.24, 2.45) is 5.92 Å². The lowest BCUT2D eigenvalue weighted by Gasteiger charge is -2.08. The Morgan fingerprint density at radius 2 is 2.44 bits per heavy atom. The van der Waals surface area contributed by atoms with Crippen LogP contribution >= 0.6 is 23.1 Å². The van der Waals surface area contributed by atoms with E-state index in [4.69, 9.17) is 5.11 Å². The van der Waals surface area contributed by atoms with Gasteiger partial charge >= 0.3 is 5.97 Å². The van der Waals surface area contributed by atoms with E-state index in [2.05, 4.69) is 5.32 Å². The summed E-state index contributed by atoms with van der Waals surface area (Å²) in [6.07, 6.45) is 1.31. The quantitative estimate of drug-likeness (QED) is 0.849. The van der Waals surface area contributed by atoms with Gasteiger partial charge in [0.05, 0.1) is 0 Å². The van der Waals surface area contributed by atoms with Gasteiger partial charge in [-0.3, -0.25) is 0 Å². The summed E-state index contributed by atoms with van der Waals surface area (Å²) in [4.78, 5) is 12.2. The number of carboxylic acid groups (broad SMARTS) is 1. The van der Waals surface area contributed by atoms with Crippen LogP contribution in [0.1, 0.15) is 21.0 Å². The van der Waals surface area contributed by atoms with Crippen LogP contribution in [0.25, 0.3) is 0 Å². The molecule has 0 aromatic carbocycles. The summed E-state index contributed by atoms with van der Waals surface area (Å²) in [7, 11) is 0. The van der Waals surface area contributed by atoms with E-state index in [1.54, 1.807) is 6.07 Å². The summed E-state index contributed by atoms with van der Waals surface area (Å²) in [6.45, 7) is 1.84. The van der Waals surface area contributed by atoms with Gasteiger partial charge in [0.15, 0.2) is 0 Å². The van der Waals surface area contributed by atoms with E-state index in [1.807, 2.05) is 17.8 Å². The van der Waals surface area contributed by atoms with Crippen molar-refractivity contribution >= 4 is 29.1 Å². The van der Waals surface area contributed by atoms with Crippen LogP contribution in [0.5, 0.6) is 0 Å². The number of nitrogens with one attached hydrogen (secondary N) is 1. The highest BCUT2D eigenvalue weighted by Gasteiger charge is 2.14. The molecule has 5 heteroatoms. The maximum Gasteiger partial charge on any atom is 0.345 e. The van der Waals surface area contributed by atoms with Gasteiger partial charge < -0.3 is 10.4 Å². The maximum atomic E-state index is 10.7. The molecule has 3 nitrogen and oxygen atoms in total. The molecule has 1 atom stereocenters. The number of carboxylic acids is 1. The van der Waals surface area contributed by atoms with Gasteiger partial charge in [-0.15, -0.1) is 11.3 Å². The van der Waals surface area contributed by atoms with Gasteiger partial charge in [-0.25, -0.2) is 4.79 Å². The lowest BCUT2D eigenvalue weighted by atomic mass is 10.1. The van der Waals surface area contributed by atoms with E-state index in [-0.39, 0.29) is 0 Å². The van der Waals surface area contributed by atoms with Crippen molar-refractivity contribution in [2.75, 3.05) is 18.1 Å². The molecule has 0 saturated carbocycles. The van der Waals surface area contributed by atoms with Crippen molar-refractivity contribution in [3.63, 3.8) is 0 Å². The smallest absolute Gasteiger partial charge is 0.345 e. The fraction of sp³-hybridized carbons (Fsp3) is 0.545. The number of hydrogen-bond acceptors (Lipinski definition) is 4. The van der Waals surface area contributed by atoms with Crippen molar-refractivity contribution in [3.05, 3.63) is 21.9 Å². The zero-order valence-corrected chi connectivity index (χ0v) is 10.6. The van der Waals surface area contributed by atoms with Crippen molar-refractivity contribution in [1.29, 1.82) is 0 Å². The van der Waals surface area contributed by atoms with Crippen LogP contribution in [0.2, 0.25) is 0 Å². The number of aromatic carboxylic acids is 1. The molecule has 1 fully saturated rings. The Bertz CT molecular complexity index is 359. The Morgan fingerprint density at radius 1 is 1.56 bits per heavy atom. The van der Waals surface area contributed by atoms with Gasteiger partial charge in [-0.05, 0) is 42.5 Å². The van der Waals surface area contributed by atoms with Crippen LogP contribution in [0.4, 0.5) is 0 Å². The zero-order valence-electron chi connectivity index (χ0n) is 8.94. The van der Waals surface area contributed by atoms with E-state index in [1.165, 1.54) is 29.3 Å². The molecule has 1 unspecified atom stereocenters. The maximum absolute atomic E-state index is 10.7. The molecule has 1 aliphatic rings. The van der Waals surface area contributed by atoms with E-state index in [0.29, 0.717) is 4.88 Å². The summed E-state index contributed by atoms with van der Waals surface area (Å²) in [5.74, 6) is 2.51. The molecule has 0 radical (unpaired) electrons. The first-order valence-corrected chi connectivity index (χ1v) is 7.33. The molecule has 0 amide bonds. The van der Waals surface area contributed by atoms with Gasteiger partial charge in [-0.2, -0.15) is 11.8 Å². The molecular formula is C11H15NO2S2. The summed E-state index contributed by atoms with van der Waals surface area (Å²) in [6, 6.07) is 3.57. The largest absolute Gasteiger partial charge is 0.477 e. The average Bonchev–Trinajstić information content (AvgIpc) is 2.87. The zero-order chi connectivity index (χ0) is 11.4. The number of thiophene rings is 1. The molecule has 16 heavy (non-hydrogen) atoms. The number of thioether (sulfide) groups is 1. The fourth-order valence-corrected chi connectivity index (χ4v) is 3.83. The van der Waals surface area contributed by atoms with Crippen LogP contribution in [0.3, 0.4) is 0 Å². The normalized spacial score (nSPS) is 20.1.